The van der Waals surface area contributed by atoms with Gasteiger partial charge >= 0.3 is 28.6 Å². The molecular weight excluding hydrogens is 224 g/mol. The van der Waals surface area contributed by atoms with E-state index < -0.39 is 22.0 Å². The summed E-state index contributed by atoms with van der Waals surface area (Å²) in [5, 5.41) is 0. The average molecular weight is 224 g/mol. The van der Waals surface area contributed by atoms with Crippen molar-refractivity contribution in [1.82, 2.24) is 0 Å². The second-order valence-corrected chi connectivity index (χ2v) is 1.43. The van der Waals surface area contributed by atoms with E-state index >= 15 is 0 Å². The molecule has 0 rings (SSSR count). The van der Waals surface area contributed by atoms with Gasteiger partial charge in [0.25, 0.3) is 0 Å². The Labute approximate surface area is 65.3 Å². The van der Waals surface area contributed by atoms with Gasteiger partial charge in [-0.1, -0.05) is 0 Å². The number of rotatable bonds is 0. The third-order valence-electron chi connectivity index (χ3n) is 0. The molecule has 0 aromatic carbocycles. The smallest absolute Gasteiger partial charge is 0.759 e. The number of hydrogen-bond acceptors (Lipinski definition) is 6. The molecule has 0 spiro atoms. The maximum Gasteiger partial charge on any atom is 2.00 e. The van der Waals surface area contributed by atoms with Gasteiger partial charge < -0.3 is 9.11 Å². The van der Waals surface area contributed by atoms with E-state index in [9.17, 15) is 0 Å². The van der Waals surface area contributed by atoms with Crippen molar-refractivity contribution in [3.05, 3.63) is 0 Å². The van der Waals surface area contributed by atoms with Crippen molar-refractivity contribution in [2.24, 2.45) is 0 Å². The standard InChI is InChI=1S/Cu.H2O4S.O2S/c;1-5(2,3)4;1-3-2/h;(H2,1,2,3,4);/q+2;;/p-2. The van der Waals surface area contributed by atoms with Gasteiger partial charge in [0.05, 0.1) is 0 Å². The Morgan fingerprint density at radius 3 is 1.11 bits per heavy atom. The van der Waals surface area contributed by atoms with Gasteiger partial charge in [0.15, 0.2) is 0 Å². The van der Waals surface area contributed by atoms with Gasteiger partial charge in [-0.15, -0.1) is 0 Å². The van der Waals surface area contributed by atoms with Crippen LogP contribution in [0.4, 0.5) is 0 Å². The maximum atomic E-state index is 8.52. The quantitative estimate of drug-likeness (QED) is 0.266. The molecule has 0 bridgehead atoms. The molecule has 0 unspecified atom stereocenters. The molecule has 0 aliphatic rings. The molecule has 0 fully saturated rings. The molecule has 0 aliphatic carbocycles. The van der Waals surface area contributed by atoms with Crippen molar-refractivity contribution in [3.63, 3.8) is 0 Å². The zero-order valence-corrected chi connectivity index (χ0v) is 6.14. The fourth-order valence-corrected chi connectivity index (χ4v) is 0. The van der Waals surface area contributed by atoms with Gasteiger partial charge in [-0.3, -0.25) is 8.42 Å². The Hall–Kier alpha value is 0.209. The van der Waals surface area contributed by atoms with Gasteiger partial charge in [0.2, 0.25) is 0 Å². The first-order valence-corrected chi connectivity index (χ1v) is 3.00. The van der Waals surface area contributed by atoms with Crippen molar-refractivity contribution >= 4 is 22.0 Å². The fraction of sp³-hybridized carbons (Fsp3) is 0. The van der Waals surface area contributed by atoms with E-state index in [4.69, 9.17) is 25.9 Å². The summed E-state index contributed by atoms with van der Waals surface area (Å²) in [7, 11) is -5.17. The van der Waals surface area contributed by atoms with Crippen LogP contribution in [-0.2, 0) is 39.0 Å². The Morgan fingerprint density at radius 2 is 1.11 bits per heavy atom. The largest absolute Gasteiger partial charge is 2.00 e. The van der Waals surface area contributed by atoms with Crippen LogP contribution in [0.3, 0.4) is 0 Å². The van der Waals surface area contributed by atoms with Crippen LogP contribution < -0.4 is 0 Å². The molecule has 0 saturated heterocycles. The maximum absolute atomic E-state index is 8.52. The van der Waals surface area contributed by atoms with E-state index in [0.29, 0.717) is 0 Å². The predicted molar refractivity (Wildman–Crippen MR) is 19.4 cm³/mol. The first-order chi connectivity index (χ1) is 3.41. The average Bonchev–Trinajstić information content (AvgIpc) is 1.27. The van der Waals surface area contributed by atoms with E-state index in [2.05, 4.69) is 0 Å². The topological polar surface area (TPSA) is 114 Å². The Kier molecular flexibility index (Phi) is 14.7. The SMILES string of the molecule is O=S(=O)([O-])[O-].O=S=O.[Cu+2]. The van der Waals surface area contributed by atoms with E-state index in [1.165, 1.54) is 0 Å². The monoisotopic (exact) mass is 223 g/mol. The van der Waals surface area contributed by atoms with E-state index in [0.717, 1.165) is 0 Å². The molecule has 0 saturated carbocycles. The molecule has 0 aromatic rings. The van der Waals surface area contributed by atoms with Crippen molar-refractivity contribution in [2.45, 2.75) is 0 Å². The van der Waals surface area contributed by atoms with Crippen LogP contribution in [0.15, 0.2) is 0 Å². The van der Waals surface area contributed by atoms with Crippen LogP contribution in [0.25, 0.3) is 0 Å². The molecule has 0 N–H and O–H groups in total. The minimum absolute atomic E-state index is 0. The third kappa shape index (κ3) is 7210. The van der Waals surface area contributed by atoms with Gasteiger partial charge in [-0.25, -0.2) is 0 Å². The van der Waals surface area contributed by atoms with Gasteiger partial charge in [0, 0.05) is 10.4 Å². The zero-order chi connectivity index (χ0) is 7.21. The van der Waals surface area contributed by atoms with Crippen LogP contribution in [0, 0.1) is 0 Å². The summed E-state index contributed by atoms with van der Waals surface area (Å²) in [5.74, 6) is 0. The molecule has 9 heteroatoms. The molecule has 9 heavy (non-hydrogen) atoms. The minimum Gasteiger partial charge on any atom is -0.759 e. The summed E-state index contributed by atoms with van der Waals surface area (Å²) in [5.41, 5.74) is 0. The predicted octanol–water partition coefficient (Wildman–Crippen LogP) is -2.01. The fourth-order valence-electron chi connectivity index (χ4n) is 0. The molecule has 0 heterocycles. The molecular formula is CuO6S2. The second kappa shape index (κ2) is 8.21. The normalized spacial score (nSPS) is 7.78. The van der Waals surface area contributed by atoms with Crippen LogP contribution in [0.5, 0.6) is 0 Å². The summed E-state index contributed by atoms with van der Waals surface area (Å²) >= 11 is -0.750. The van der Waals surface area contributed by atoms with Crippen LogP contribution in [-0.4, -0.2) is 25.9 Å². The van der Waals surface area contributed by atoms with Gasteiger partial charge in [-0.2, -0.15) is 8.42 Å². The summed E-state index contributed by atoms with van der Waals surface area (Å²) < 4.78 is 50.7. The molecule has 0 atom stereocenters. The van der Waals surface area contributed by atoms with E-state index in [1.807, 2.05) is 0 Å². The molecule has 6 nitrogen and oxygen atoms in total. The van der Waals surface area contributed by atoms with Crippen molar-refractivity contribution < 1.29 is 43.0 Å². The first kappa shape index (κ1) is 16.1. The molecule has 0 amide bonds. The molecule has 59 valence electrons. The van der Waals surface area contributed by atoms with Crippen LogP contribution >= 0.6 is 0 Å². The van der Waals surface area contributed by atoms with Crippen molar-refractivity contribution in [3.8, 4) is 0 Å². The Morgan fingerprint density at radius 1 is 1.11 bits per heavy atom. The first-order valence-electron chi connectivity index (χ1n) is 1.00. The number of hydrogen-bond donors (Lipinski definition) is 0. The van der Waals surface area contributed by atoms with E-state index in [-0.39, 0.29) is 17.1 Å². The summed E-state index contributed by atoms with van der Waals surface area (Å²) in [6.45, 7) is 0. The summed E-state index contributed by atoms with van der Waals surface area (Å²) in [6.07, 6.45) is 0. The minimum atomic E-state index is -5.17. The van der Waals surface area contributed by atoms with Crippen LogP contribution in [0.1, 0.15) is 0 Å². The Bertz CT molecular complexity index is 151. The molecule has 0 aromatic heterocycles. The Balaban J connectivity index is -0.0000000800. The van der Waals surface area contributed by atoms with Crippen LogP contribution in [0.2, 0.25) is 0 Å². The van der Waals surface area contributed by atoms with E-state index in [1.54, 1.807) is 0 Å². The van der Waals surface area contributed by atoms with Gasteiger partial charge in [-0.05, 0) is 0 Å². The third-order valence-corrected chi connectivity index (χ3v) is 0. The zero-order valence-electron chi connectivity index (χ0n) is 3.57. The summed E-state index contributed by atoms with van der Waals surface area (Å²) in [4.78, 5) is 0. The van der Waals surface area contributed by atoms with Gasteiger partial charge in [0.1, 0.15) is 0 Å². The molecule has 1 radical (unpaired) electrons. The van der Waals surface area contributed by atoms with Crippen molar-refractivity contribution in [1.29, 1.82) is 0 Å². The second-order valence-electron chi connectivity index (χ2n) is 0.476. The summed E-state index contributed by atoms with van der Waals surface area (Å²) in [6, 6.07) is 0. The van der Waals surface area contributed by atoms with Crippen molar-refractivity contribution in [2.75, 3.05) is 0 Å². The molecule has 0 aliphatic heterocycles.